The summed E-state index contributed by atoms with van der Waals surface area (Å²) in [5.74, 6) is 0.427. The molecule has 0 aliphatic carbocycles. The summed E-state index contributed by atoms with van der Waals surface area (Å²) in [4.78, 5) is 26.2. The molecular formula is C13H14N2O3. The molecule has 0 saturated carbocycles. The molecule has 94 valence electrons. The molecule has 2 N–H and O–H groups in total. The molecule has 2 rings (SSSR count). The Hall–Kier alpha value is -2.30. The predicted octanol–water partition coefficient (Wildman–Crippen LogP) is 1.25. The molecule has 0 atom stereocenters. The summed E-state index contributed by atoms with van der Waals surface area (Å²) < 4.78 is 5.14. The molecule has 5 nitrogen and oxygen atoms in total. The SMILES string of the molecule is Cc1cc(=O)c(C(=O)NCCc2ccco2)c[nH]1. The fourth-order valence-corrected chi connectivity index (χ4v) is 1.60. The van der Waals surface area contributed by atoms with Gasteiger partial charge in [0.05, 0.1) is 6.26 Å². The number of carbonyl (C=O) groups is 1. The number of furan rings is 1. The third kappa shape index (κ3) is 2.88. The lowest BCUT2D eigenvalue weighted by atomic mass is 10.2. The summed E-state index contributed by atoms with van der Waals surface area (Å²) >= 11 is 0. The lowest BCUT2D eigenvalue weighted by Gasteiger charge is -2.03. The molecule has 5 heteroatoms. The molecule has 0 aliphatic rings. The van der Waals surface area contributed by atoms with Crippen molar-refractivity contribution < 1.29 is 9.21 Å². The summed E-state index contributed by atoms with van der Waals surface area (Å²) in [5.41, 5.74) is 0.578. The first-order valence-corrected chi connectivity index (χ1v) is 5.67. The first-order chi connectivity index (χ1) is 8.66. The van der Waals surface area contributed by atoms with Gasteiger partial charge in [0, 0.05) is 30.9 Å². The van der Waals surface area contributed by atoms with Crippen molar-refractivity contribution in [1.82, 2.24) is 10.3 Å². The Labute approximate surface area is 104 Å². The van der Waals surface area contributed by atoms with E-state index in [-0.39, 0.29) is 16.9 Å². The molecule has 0 aliphatic heterocycles. The van der Waals surface area contributed by atoms with E-state index < -0.39 is 0 Å². The zero-order valence-corrected chi connectivity index (χ0v) is 10.0. The highest BCUT2D eigenvalue weighted by atomic mass is 16.3. The molecule has 0 saturated heterocycles. The number of H-pyrrole nitrogens is 1. The number of nitrogens with one attached hydrogen (secondary N) is 2. The van der Waals surface area contributed by atoms with Crippen LogP contribution < -0.4 is 10.7 Å². The molecule has 0 radical (unpaired) electrons. The van der Waals surface area contributed by atoms with E-state index in [1.807, 2.05) is 6.07 Å². The lowest BCUT2D eigenvalue weighted by Crippen LogP contribution is -2.30. The normalized spacial score (nSPS) is 10.3. The number of aromatic nitrogens is 1. The van der Waals surface area contributed by atoms with Gasteiger partial charge in [0.15, 0.2) is 5.43 Å². The van der Waals surface area contributed by atoms with Crippen LogP contribution >= 0.6 is 0 Å². The smallest absolute Gasteiger partial charge is 0.256 e. The second-order valence-corrected chi connectivity index (χ2v) is 3.98. The van der Waals surface area contributed by atoms with Crippen molar-refractivity contribution >= 4 is 5.91 Å². The van der Waals surface area contributed by atoms with Gasteiger partial charge in [0.1, 0.15) is 11.3 Å². The Morgan fingerprint density at radius 3 is 3.00 bits per heavy atom. The fourth-order valence-electron chi connectivity index (χ4n) is 1.60. The van der Waals surface area contributed by atoms with Crippen molar-refractivity contribution in [2.75, 3.05) is 6.54 Å². The van der Waals surface area contributed by atoms with Crippen LogP contribution in [-0.4, -0.2) is 17.4 Å². The van der Waals surface area contributed by atoms with Crippen LogP contribution in [0.5, 0.6) is 0 Å². The highest BCUT2D eigenvalue weighted by molar-refractivity contribution is 5.93. The molecule has 2 heterocycles. The number of rotatable bonds is 4. The van der Waals surface area contributed by atoms with E-state index in [1.165, 1.54) is 12.3 Å². The van der Waals surface area contributed by atoms with Gasteiger partial charge in [-0.1, -0.05) is 0 Å². The minimum absolute atomic E-state index is 0.125. The summed E-state index contributed by atoms with van der Waals surface area (Å²) in [7, 11) is 0. The van der Waals surface area contributed by atoms with Crippen molar-refractivity contribution in [2.24, 2.45) is 0 Å². The minimum atomic E-state index is -0.372. The molecule has 0 aromatic carbocycles. The standard InChI is InChI=1S/C13H14N2O3/c1-9-7-12(16)11(8-15-9)13(17)14-5-4-10-3-2-6-18-10/h2-3,6-8H,4-5H2,1H3,(H,14,17)(H,15,16). The number of hydrogen-bond acceptors (Lipinski definition) is 3. The Kier molecular flexibility index (Phi) is 3.62. The molecule has 0 fully saturated rings. The topological polar surface area (TPSA) is 75.1 Å². The van der Waals surface area contributed by atoms with Gasteiger partial charge in [-0.05, 0) is 19.1 Å². The van der Waals surface area contributed by atoms with Gasteiger partial charge < -0.3 is 14.7 Å². The Balaban J connectivity index is 1.93. The van der Waals surface area contributed by atoms with E-state index in [1.54, 1.807) is 19.3 Å². The van der Waals surface area contributed by atoms with Crippen molar-refractivity contribution in [3.63, 3.8) is 0 Å². The zero-order valence-electron chi connectivity index (χ0n) is 10.0. The van der Waals surface area contributed by atoms with Gasteiger partial charge in [0.25, 0.3) is 5.91 Å². The molecule has 0 unspecified atom stereocenters. The highest BCUT2D eigenvalue weighted by Gasteiger charge is 2.09. The Morgan fingerprint density at radius 1 is 1.50 bits per heavy atom. The second-order valence-electron chi connectivity index (χ2n) is 3.98. The van der Waals surface area contributed by atoms with E-state index in [9.17, 15) is 9.59 Å². The van der Waals surface area contributed by atoms with E-state index in [2.05, 4.69) is 10.3 Å². The number of aryl methyl sites for hydroxylation is 1. The van der Waals surface area contributed by atoms with E-state index >= 15 is 0 Å². The summed E-state index contributed by atoms with van der Waals surface area (Å²) in [6, 6.07) is 5.04. The van der Waals surface area contributed by atoms with Crippen LogP contribution in [0.25, 0.3) is 0 Å². The first kappa shape index (κ1) is 12.2. The average molecular weight is 246 g/mol. The number of hydrogen-bond donors (Lipinski definition) is 2. The van der Waals surface area contributed by atoms with Crippen LogP contribution in [-0.2, 0) is 6.42 Å². The first-order valence-electron chi connectivity index (χ1n) is 5.67. The molecule has 1 amide bonds. The molecule has 2 aromatic rings. The number of amides is 1. The van der Waals surface area contributed by atoms with Gasteiger partial charge in [-0.3, -0.25) is 9.59 Å². The van der Waals surface area contributed by atoms with Crippen LogP contribution in [0.15, 0.2) is 39.9 Å². The third-order valence-electron chi connectivity index (χ3n) is 2.54. The fraction of sp³-hybridized carbons (Fsp3) is 0.231. The largest absolute Gasteiger partial charge is 0.469 e. The molecule has 18 heavy (non-hydrogen) atoms. The van der Waals surface area contributed by atoms with E-state index in [0.29, 0.717) is 13.0 Å². The maximum atomic E-state index is 11.7. The molecular weight excluding hydrogens is 232 g/mol. The van der Waals surface area contributed by atoms with Gasteiger partial charge >= 0.3 is 0 Å². The number of carbonyl (C=O) groups excluding carboxylic acids is 1. The average Bonchev–Trinajstić information content (AvgIpc) is 2.81. The summed E-state index contributed by atoms with van der Waals surface area (Å²) in [5, 5.41) is 2.68. The molecule has 0 spiro atoms. The van der Waals surface area contributed by atoms with Crippen LogP contribution in [0.3, 0.4) is 0 Å². The molecule has 2 aromatic heterocycles. The van der Waals surface area contributed by atoms with Crippen LogP contribution in [0.1, 0.15) is 21.8 Å². The summed E-state index contributed by atoms with van der Waals surface area (Å²) in [6.07, 6.45) is 3.62. The monoisotopic (exact) mass is 246 g/mol. The lowest BCUT2D eigenvalue weighted by molar-refractivity contribution is 0.0952. The zero-order chi connectivity index (χ0) is 13.0. The van der Waals surface area contributed by atoms with Crippen LogP contribution in [0.2, 0.25) is 0 Å². The summed E-state index contributed by atoms with van der Waals surface area (Å²) in [6.45, 7) is 2.19. The number of aromatic amines is 1. The maximum Gasteiger partial charge on any atom is 0.256 e. The Morgan fingerprint density at radius 2 is 2.33 bits per heavy atom. The quantitative estimate of drug-likeness (QED) is 0.852. The third-order valence-corrected chi connectivity index (χ3v) is 2.54. The van der Waals surface area contributed by atoms with E-state index in [0.717, 1.165) is 11.5 Å². The van der Waals surface area contributed by atoms with Gasteiger partial charge in [0.2, 0.25) is 0 Å². The van der Waals surface area contributed by atoms with Crippen LogP contribution in [0, 0.1) is 6.92 Å². The molecule has 0 bridgehead atoms. The van der Waals surface area contributed by atoms with Gasteiger partial charge in [-0.2, -0.15) is 0 Å². The number of pyridine rings is 1. The van der Waals surface area contributed by atoms with Gasteiger partial charge in [-0.15, -0.1) is 0 Å². The maximum absolute atomic E-state index is 11.7. The van der Waals surface area contributed by atoms with Crippen molar-refractivity contribution in [1.29, 1.82) is 0 Å². The highest BCUT2D eigenvalue weighted by Crippen LogP contribution is 2.00. The van der Waals surface area contributed by atoms with Gasteiger partial charge in [-0.25, -0.2) is 0 Å². The van der Waals surface area contributed by atoms with Crippen molar-refractivity contribution in [3.05, 3.63) is 57.9 Å². The van der Waals surface area contributed by atoms with E-state index in [4.69, 9.17) is 4.42 Å². The van der Waals surface area contributed by atoms with Crippen molar-refractivity contribution in [3.8, 4) is 0 Å². The Bertz CT molecular complexity index is 585. The predicted molar refractivity (Wildman–Crippen MR) is 66.5 cm³/mol. The minimum Gasteiger partial charge on any atom is -0.469 e. The van der Waals surface area contributed by atoms with Crippen molar-refractivity contribution in [2.45, 2.75) is 13.3 Å². The van der Waals surface area contributed by atoms with Crippen LogP contribution in [0.4, 0.5) is 0 Å². The second kappa shape index (κ2) is 5.35.